The third-order valence-electron chi connectivity index (χ3n) is 2.16. The van der Waals surface area contributed by atoms with Crippen molar-refractivity contribution in [3.63, 3.8) is 0 Å². The minimum absolute atomic E-state index is 0.399. The molecule has 7 nitrogen and oxygen atoms in total. The van der Waals surface area contributed by atoms with E-state index in [1.165, 1.54) is 18.2 Å². The normalized spacial score (nSPS) is 10.9. The van der Waals surface area contributed by atoms with Crippen LogP contribution in [-0.4, -0.2) is 24.9 Å². The van der Waals surface area contributed by atoms with Crippen molar-refractivity contribution in [2.75, 3.05) is 0 Å². The molecule has 0 aliphatic rings. The smallest absolute Gasteiger partial charge is 0.213 e. The number of thioether (sulfide) groups is 1. The topological polar surface area (TPSA) is 95.7 Å². The predicted molar refractivity (Wildman–Crippen MR) is 62.1 cm³/mol. The van der Waals surface area contributed by atoms with Crippen molar-refractivity contribution in [3.8, 4) is 0 Å². The molecule has 17 heavy (non-hydrogen) atoms. The van der Waals surface area contributed by atoms with Gasteiger partial charge < -0.3 is 14.8 Å². The van der Waals surface area contributed by atoms with Gasteiger partial charge in [0.2, 0.25) is 6.39 Å². The third-order valence-corrected chi connectivity index (χ3v) is 3.12. The zero-order valence-corrected chi connectivity index (χ0v) is 10.4. The van der Waals surface area contributed by atoms with E-state index in [1.54, 1.807) is 0 Å². The average Bonchev–Trinajstić information content (AvgIpc) is 2.96. The Labute approximate surface area is 103 Å². The van der Waals surface area contributed by atoms with Crippen LogP contribution in [0.25, 0.3) is 0 Å². The number of rotatable bonds is 6. The molecule has 2 rings (SSSR count). The molecule has 92 valence electrons. The Bertz CT molecular complexity index is 454. The fourth-order valence-electron chi connectivity index (χ4n) is 1.41. The van der Waals surface area contributed by atoms with Crippen molar-refractivity contribution < 1.29 is 4.52 Å². The van der Waals surface area contributed by atoms with E-state index in [2.05, 4.69) is 31.8 Å². The molecule has 2 aromatic heterocycles. The van der Waals surface area contributed by atoms with Gasteiger partial charge >= 0.3 is 0 Å². The van der Waals surface area contributed by atoms with Gasteiger partial charge in [-0.15, -0.1) is 10.2 Å². The molecule has 2 N–H and O–H groups in total. The number of nitrogens with two attached hydrogens (primary N) is 1. The highest BCUT2D eigenvalue weighted by atomic mass is 32.2. The van der Waals surface area contributed by atoms with E-state index < -0.39 is 0 Å². The molecule has 0 radical (unpaired) electrons. The fourth-order valence-corrected chi connectivity index (χ4v) is 2.25. The molecule has 8 heteroatoms. The first-order valence-corrected chi connectivity index (χ1v) is 6.34. The van der Waals surface area contributed by atoms with Gasteiger partial charge in [0.1, 0.15) is 5.82 Å². The molecule has 0 aromatic carbocycles. The van der Waals surface area contributed by atoms with Gasteiger partial charge in [-0.2, -0.15) is 4.98 Å². The summed E-state index contributed by atoms with van der Waals surface area (Å²) in [7, 11) is 0. The molecule has 0 saturated carbocycles. The van der Waals surface area contributed by atoms with Gasteiger partial charge in [-0.05, 0) is 6.42 Å². The summed E-state index contributed by atoms with van der Waals surface area (Å²) in [6, 6.07) is 0. The molecule has 0 atom stereocenters. The van der Waals surface area contributed by atoms with E-state index in [4.69, 9.17) is 5.73 Å². The van der Waals surface area contributed by atoms with E-state index in [9.17, 15) is 0 Å². The summed E-state index contributed by atoms with van der Waals surface area (Å²) >= 11 is 1.53. The first-order chi connectivity index (χ1) is 8.35. The maximum Gasteiger partial charge on any atom is 0.213 e. The second-order valence-electron chi connectivity index (χ2n) is 3.39. The molecule has 0 unspecified atom stereocenters. The van der Waals surface area contributed by atoms with Crippen LogP contribution in [0.4, 0.5) is 0 Å². The predicted octanol–water partition coefficient (Wildman–Crippen LogP) is 0.822. The SMILES string of the molecule is CCCn1c(CN)nnc1SCc1ncon1. The van der Waals surface area contributed by atoms with Gasteiger partial charge in [0.15, 0.2) is 11.0 Å². The molecule has 0 amide bonds. The van der Waals surface area contributed by atoms with E-state index in [0.29, 0.717) is 18.1 Å². The molecule has 0 spiro atoms. The summed E-state index contributed by atoms with van der Waals surface area (Å²) in [4.78, 5) is 3.95. The Morgan fingerprint density at radius 1 is 1.47 bits per heavy atom. The van der Waals surface area contributed by atoms with Crippen LogP contribution in [-0.2, 0) is 18.8 Å². The first-order valence-electron chi connectivity index (χ1n) is 5.35. The van der Waals surface area contributed by atoms with E-state index in [0.717, 1.165) is 23.9 Å². The van der Waals surface area contributed by atoms with Crippen molar-refractivity contribution in [3.05, 3.63) is 18.0 Å². The monoisotopic (exact) mass is 254 g/mol. The lowest BCUT2D eigenvalue weighted by atomic mass is 10.4. The van der Waals surface area contributed by atoms with Crippen LogP contribution in [0.15, 0.2) is 16.1 Å². The molecular weight excluding hydrogens is 240 g/mol. The highest BCUT2D eigenvalue weighted by Gasteiger charge is 2.11. The molecule has 0 saturated heterocycles. The standard InChI is InChI=1S/C9H14N6OS/c1-2-3-15-8(4-10)12-13-9(15)17-5-7-11-6-16-14-7/h6H,2-5,10H2,1H3. The molecule has 2 heterocycles. The molecule has 0 bridgehead atoms. The number of aromatic nitrogens is 5. The minimum Gasteiger partial charge on any atom is -0.343 e. The summed E-state index contributed by atoms with van der Waals surface area (Å²) in [6.45, 7) is 3.37. The number of hydrogen-bond donors (Lipinski definition) is 1. The zero-order chi connectivity index (χ0) is 12.1. The number of hydrogen-bond acceptors (Lipinski definition) is 7. The maximum absolute atomic E-state index is 5.61. The van der Waals surface area contributed by atoms with Crippen LogP contribution in [0.1, 0.15) is 25.0 Å². The second-order valence-corrected chi connectivity index (χ2v) is 4.33. The first kappa shape index (κ1) is 12.1. The second kappa shape index (κ2) is 5.78. The summed E-state index contributed by atoms with van der Waals surface area (Å²) in [5, 5.41) is 12.8. The Morgan fingerprint density at radius 2 is 2.35 bits per heavy atom. The Balaban J connectivity index is 2.06. The quantitative estimate of drug-likeness (QED) is 0.762. The van der Waals surface area contributed by atoms with Crippen molar-refractivity contribution in [1.29, 1.82) is 0 Å². The summed E-state index contributed by atoms with van der Waals surface area (Å²) in [5.74, 6) is 2.07. The van der Waals surface area contributed by atoms with Crippen LogP contribution < -0.4 is 5.73 Å². The van der Waals surface area contributed by atoms with Gasteiger partial charge in [-0.25, -0.2) is 0 Å². The van der Waals surface area contributed by atoms with Crippen molar-refractivity contribution in [2.45, 2.75) is 37.3 Å². The Hall–Kier alpha value is -1.41. The van der Waals surface area contributed by atoms with Crippen LogP contribution >= 0.6 is 11.8 Å². The Kier molecular flexibility index (Phi) is 4.10. The maximum atomic E-state index is 5.61. The van der Waals surface area contributed by atoms with E-state index in [-0.39, 0.29) is 0 Å². The summed E-state index contributed by atoms with van der Waals surface area (Å²) in [5.41, 5.74) is 5.61. The molecule has 0 fully saturated rings. The van der Waals surface area contributed by atoms with Gasteiger partial charge in [-0.1, -0.05) is 23.8 Å². The highest BCUT2D eigenvalue weighted by Crippen LogP contribution is 2.20. The van der Waals surface area contributed by atoms with Gasteiger partial charge in [0, 0.05) is 6.54 Å². The van der Waals surface area contributed by atoms with Gasteiger partial charge in [-0.3, -0.25) is 0 Å². The summed E-state index contributed by atoms with van der Waals surface area (Å²) < 4.78 is 6.70. The largest absolute Gasteiger partial charge is 0.343 e. The van der Waals surface area contributed by atoms with Gasteiger partial charge in [0.05, 0.1) is 12.3 Å². The molecule has 0 aliphatic heterocycles. The van der Waals surface area contributed by atoms with Crippen LogP contribution in [0.5, 0.6) is 0 Å². The van der Waals surface area contributed by atoms with Gasteiger partial charge in [0.25, 0.3) is 0 Å². The number of nitrogens with zero attached hydrogens (tertiary/aromatic N) is 5. The van der Waals surface area contributed by atoms with E-state index in [1.807, 2.05) is 4.57 Å². The fraction of sp³-hybridized carbons (Fsp3) is 0.556. The zero-order valence-electron chi connectivity index (χ0n) is 9.54. The van der Waals surface area contributed by atoms with Crippen LogP contribution in [0, 0.1) is 0 Å². The highest BCUT2D eigenvalue weighted by molar-refractivity contribution is 7.98. The van der Waals surface area contributed by atoms with Crippen molar-refractivity contribution in [1.82, 2.24) is 24.9 Å². The Morgan fingerprint density at radius 3 is 3.00 bits per heavy atom. The third kappa shape index (κ3) is 2.83. The molecule has 0 aliphatic carbocycles. The lowest BCUT2D eigenvalue weighted by Crippen LogP contribution is -2.09. The lowest BCUT2D eigenvalue weighted by Gasteiger charge is -2.06. The van der Waals surface area contributed by atoms with E-state index >= 15 is 0 Å². The van der Waals surface area contributed by atoms with Crippen LogP contribution in [0.2, 0.25) is 0 Å². The summed E-state index contributed by atoms with van der Waals surface area (Å²) in [6.07, 6.45) is 2.33. The van der Waals surface area contributed by atoms with Crippen molar-refractivity contribution >= 4 is 11.8 Å². The molecular formula is C9H14N6OS. The average molecular weight is 254 g/mol. The lowest BCUT2D eigenvalue weighted by molar-refractivity contribution is 0.412. The van der Waals surface area contributed by atoms with Crippen LogP contribution in [0.3, 0.4) is 0 Å². The van der Waals surface area contributed by atoms with Crippen molar-refractivity contribution in [2.24, 2.45) is 5.73 Å². The molecule has 2 aromatic rings. The minimum atomic E-state index is 0.399.